The Balaban J connectivity index is 1.49. The van der Waals surface area contributed by atoms with Crippen molar-refractivity contribution in [1.82, 2.24) is 14.7 Å². The molecule has 10 heteroatoms. The highest BCUT2D eigenvalue weighted by Gasteiger charge is 2.60. The van der Waals surface area contributed by atoms with E-state index in [2.05, 4.69) is 0 Å². The number of likely N-dealkylation sites (N-methyl/N-ethyl adjacent to an activating group) is 1. The average Bonchev–Trinajstić information content (AvgIpc) is 3.31. The summed E-state index contributed by atoms with van der Waals surface area (Å²) in [6.07, 6.45) is 0.641. The number of carboxylic acid groups (broad SMARTS) is 1. The third-order valence-corrected chi connectivity index (χ3v) is 8.43. The van der Waals surface area contributed by atoms with Gasteiger partial charge in [0.1, 0.15) is 5.70 Å². The number of aliphatic hydroxyl groups is 1. The van der Waals surface area contributed by atoms with Crippen molar-refractivity contribution in [2.24, 2.45) is 17.6 Å². The molecule has 4 heterocycles. The van der Waals surface area contributed by atoms with Crippen molar-refractivity contribution in [3.05, 3.63) is 10.6 Å². The standard InChI is InChI=1S/C20H30N4O5S/c1-9-15-14(10(2)25)19(27)24(15)16(20(28)29)17(9)30-12-6-13(22(3)8-12)18(26)23-5-4-11(21)7-23/h9-15,25H,4-8,21H2,1-3H3,(H,28,29)/t9-,10-,11+,12?,13+,14-,15-/m1/s1. The number of nitrogens with zero attached hydrogens (tertiary/aromatic N) is 3. The third-order valence-electron chi connectivity index (χ3n) is 6.94. The Bertz CT molecular complexity index is 802. The fraction of sp³-hybridized carbons (Fsp3) is 0.750. The van der Waals surface area contributed by atoms with Crippen LogP contribution in [-0.2, 0) is 14.4 Å². The molecule has 0 bridgehead atoms. The first-order valence-electron chi connectivity index (χ1n) is 10.5. The predicted molar refractivity (Wildman–Crippen MR) is 111 cm³/mol. The van der Waals surface area contributed by atoms with Gasteiger partial charge >= 0.3 is 5.97 Å². The molecule has 4 N–H and O–H groups in total. The molecule has 3 fully saturated rings. The second kappa shape index (κ2) is 7.81. The van der Waals surface area contributed by atoms with E-state index in [0.717, 1.165) is 6.42 Å². The smallest absolute Gasteiger partial charge is 0.353 e. The van der Waals surface area contributed by atoms with Crippen LogP contribution in [0.3, 0.4) is 0 Å². The summed E-state index contributed by atoms with van der Waals surface area (Å²) in [5.74, 6) is -2.07. The second-order valence-electron chi connectivity index (χ2n) is 9.04. The number of fused-ring (bicyclic) bond motifs is 1. The quantitative estimate of drug-likeness (QED) is 0.491. The lowest BCUT2D eigenvalue weighted by molar-refractivity contribution is -0.163. The van der Waals surface area contributed by atoms with Crippen molar-refractivity contribution in [3.8, 4) is 0 Å². The van der Waals surface area contributed by atoms with Crippen LogP contribution in [-0.4, -0.2) is 98.9 Å². The Kier molecular flexibility index (Phi) is 5.63. The normalized spacial score (nSPS) is 37.6. The van der Waals surface area contributed by atoms with Gasteiger partial charge in [0, 0.05) is 41.7 Å². The summed E-state index contributed by atoms with van der Waals surface area (Å²) in [7, 11) is 1.92. The molecule has 0 radical (unpaired) electrons. The van der Waals surface area contributed by atoms with E-state index in [9.17, 15) is 24.6 Å². The van der Waals surface area contributed by atoms with Crippen molar-refractivity contribution in [3.63, 3.8) is 0 Å². The van der Waals surface area contributed by atoms with E-state index in [1.54, 1.807) is 6.92 Å². The number of likely N-dealkylation sites (tertiary alicyclic amines) is 2. The van der Waals surface area contributed by atoms with Crippen molar-refractivity contribution < 1.29 is 24.6 Å². The van der Waals surface area contributed by atoms with E-state index in [0.29, 0.717) is 31.0 Å². The topological polar surface area (TPSA) is 127 Å². The highest BCUT2D eigenvalue weighted by Crippen LogP contribution is 2.52. The minimum Gasteiger partial charge on any atom is -0.477 e. The Morgan fingerprint density at radius 3 is 2.57 bits per heavy atom. The molecule has 0 aromatic heterocycles. The van der Waals surface area contributed by atoms with Gasteiger partial charge < -0.3 is 25.7 Å². The van der Waals surface area contributed by atoms with Gasteiger partial charge in [0.2, 0.25) is 11.8 Å². The summed E-state index contributed by atoms with van der Waals surface area (Å²) in [4.78, 5) is 43.3. The van der Waals surface area contributed by atoms with Gasteiger partial charge in [0.15, 0.2) is 0 Å². The van der Waals surface area contributed by atoms with Crippen LogP contribution in [0.5, 0.6) is 0 Å². The molecule has 3 saturated heterocycles. The molecule has 1 unspecified atom stereocenters. The summed E-state index contributed by atoms with van der Waals surface area (Å²) >= 11 is 1.48. The molecule has 4 rings (SSSR count). The highest BCUT2D eigenvalue weighted by molar-refractivity contribution is 8.03. The zero-order valence-corrected chi connectivity index (χ0v) is 18.3. The Morgan fingerprint density at radius 2 is 2.00 bits per heavy atom. The first kappa shape index (κ1) is 21.6. The lowest BCUT2D eigenvalue weighted by atomic mass is 9.79. The molecule has 30 heavy (non-hydrogen) atoms. The fourth-order valence-corrected chi connectivity index (χ4v) is 6.98. The number of hydrogen-bond acceptors (Lipinski definition) is 7. The maximum absolute atomic E-state index is 12.9. The first-order valence-corrected chi connectivity index (χ1v) is 11.4. The number of rotatable bonds is 5. The van der Waals surface area contributed by atoms with E-state index in [4.69, 9.17) is 5.73 Å². The van der Waals surface area contributed by atoms with Gasteiger partial charge in [0.25, 0.3) is 0 Å². The van der Waals surface area contributed by atoms with Gasteiger partial charge in [-0.2, -0.15) is 0 Å². The highest BCUT2D eigenvalue weighted by atomic mass is 32.2. The van der Waals surface area contributed by atoms with Gasteiger partial charge in [-0.05, 0) is 26.8 Å². The molecule has 4 aliphatic rings. The van der Waals surface area contributed by atoms with Gasteiger partial charge in [-0.15, -0.1) is 11.8 Å². The van der Waals surface area contributed by atoms with E-state index >= 15 is 0 Å². The summed E-state index contributed by atoms with van der Waals surface area (Å²) in [5, 5.41) is 19.8. The molecular weight excluding hydrogens is 408 g/mol. The molecule has 9 nitrogen and oxygen atoms in total. The van der Waals surface area contributed by atoms with Crippen molar-refractivity contribution >= 4 is 29.5 Å². The van der Waals surface area contributed by atoms with Gasteiger partial charge in [-0.1, -0.05) is 6.92 Å². The van der Waals surface area contributed by atoms with E-state index in [1.165, 1.54) is 16.7 Å². The molecule has 0 saturated carbocycles. The summed E-state index contributed by atoms with van der Waals surface area (Å²) in [5.41, 5.74) is 5.99. The van der Waals surface area contributed by atoms with Crippen LogP contribution < -0.4 is 5.73 Å². The molecule has 0 spiro atoms. The van der Waals surface area contributed by atoms with Crippen LogP contribution in [0.15, 0.2) is 10.6 Å². The van der Waals surface area contributed by atoms with Gasteiger partial charge in [0.05, 0.1) is 24.1 Å². The van der Waals surface area contributed by atoms with Crippen LogP contribution >= 0.6 is 11.8 Å². The van der Waals surface area contributed by atoms with Gasteiger partial charge in [-0.3, -0.25) is 14.5 Å². The monoisotopic (exact) mass is 438 g/mol. The summed E-state index contributed by atoms with van der Waals surface area (Å²) in [6, 6.07) is -0.506. The molecule has 4 aliphatic heterocycles. The molecule has 2 amide bonds. The van der Waals surface area contributed by atoms with Crippen LogP contribution in [0.25, 0.3) is 0 Å². The predicted octanol–water partition coefficient (Wildman–Crippen LogP) is -0.494. The molecular formula is C20H30N4O5S. The lowest BCUT2D eigenvalue weighted by Crippen LogP contribution is -2.63. The SMILES string of the molecule is C[C@@H](O)[C@H]1C(=O)N2C(C(=O)O)=C(SC3C[C@@H](C(=O)N4CC[C@H](N)C4)N(C)C3)[C@H](C)[C@H]12. The Hall–Kier alpha value is -1.62. The minimum absolute atomic E-state index is 0.0392. The number of aliphatic carboxylic acids is 1. The molecule has 0 aliphatic carbocycles. The second-order valence-corrected chi connectivity index (χ2v) is 10.4. The first-order chi connectivity index (χ1) is 14.1. The van der Waals surface area contributed by atoms with Crippen molar-refractivity contribution in [1.29, 1.82) is 0 Å². The van der Waals surface area contributed by atoms with Gasteiger partial charge in [-0.25, -0.2) is 4.79 Å². The minimum atomic E-state index is -1.12. The van der Waals surface area contributed by atoms with Crippen molar-refractivity contribution in [2.45, 2.75) is 56.2 Å². The Morgan fingerprint density at radius 1 is 1.30 bits per heavy atom. The molecule has 166 valence electrons. The summed E-state index contributed by atoms with van der Waals surface area (Å²) in [6.45, 7) is 5.44. The Labute approximate surface area is 180 Å². The third kappa shape index (κ3) is 3.34. The van der Waals surface area contributed by atoms with E-state index < -0.39 is 18.0 Å². The number of β-lactam (4-membered cyclic amide) rings is 1. The van der Waals surface area contributed by atoms with Crippen LogP contribution in [0, 0.1) is 11.8 Å². The number of carbonyl (C=O) groups is 3. The number of carbonyl (C=O) groups excluding carboxylic acids is 2. The number of aliphatic hydroxyl groups excluding tert-OH is 1. The zero-order chi connectivity index (χ0) is 21.9. The number of hydrogen-bond donors (Lipinski definition) is 3. The maximum Gasteiger partial charge on any atom is 0.353 e. The van der Waals surface area contributed by atoms with Crippen LogP contribution in [0.1, 0.15) is 26.7 Å². The largest absolute Gasteiger partial charge is 0.477 e. The number of nitrogens with two attached hydrogens (primary N) is 1. The van der Waals surface area contributed by atoms with Crippen LogP contribution in [0.4, 0.5) is 0 Å². The average molecular weight is 439 g/mol. The van der Waals surface area contributed by atoms with Crippen LogP contribution in [0.2, 0.25) is 0 Å². The number of thioether (sulfide) groups is 1. The van der Waals surface area contributed by atoms with Crippen molar-refractivity contribution in [2.75, 3.05) is 26.7 Å². The number of amides is 2. The van der Waals surface area contributed by atoms with E-state index in [-0.39, 0.29) is 46.8 Å². The lowest BCUT2D eigenvalue weighted by Gasteiger charge is -2.46. The maximum atomic E-state index is 12.9. The molecule has 7 atom stereocenters. The zero-order valence-electron chi connectivity index (χ0n) is 17.5. The molecule has 0 aromatic carbocycles. The molecule has 0 aromatic rings. The fourth-order valence-electron chi connectivity index (χ4n) is 5.38. The van der Waals surface area contributed by atoms with E-state index in [1.807, 2.05) is 23.8 Å². The summed E-state index contributed by atoms with van der Waals surface area (Å²) < 4.78 is 0. The number of carboxylic acids is 1.